The van der Waals surface area contributed by atoms with Gasteiger partial charge >= 0.3 is 0 Å². The molecule has 22 heavy (non-hydrogen) atoms. The van der Waals surface area contributed by atoms with Crippen molar-refractivity contribution in [2.75, 3.05) is 13.1 Å². The van der Waals surface area contributed by atoms with Crippen molar-refractivity contribution < 1.29 is 4.79 Å². The Labute approximate surface area is 140 Å². The second-order valence-electron chi connectivity index (χ2n) is 6.24. The molecule has 3 nitrogen and oxygen atoms in total. The average Bonchev–Trinajstić information content (AvgIpc) is 2.92. The van der Waals surface area contributed by atoms with Crippen LogP contribution in [-0.2, 0) is 4.79 Å². The lowest BCUT2D eigenvalue weighted by Crippen LogP contribution is -2.49. The third-order valence-electron chi connectivity index (χ3n) is 5.44. The lowest BCUT2D eigenvalue weighted by atomic mass is 9.80. The topological polar surface area (TPSA) is 46.3 Å². The van der Waals surface area contributed by atoms with E-state index in [9.17, 15) is 4.79 Å². The quantitative estimate of drug-likeness (QED) is 0.899. The first kappa shape index (κ1) is 19.0. The van der Waals surface area contributed by atoms with Gasteiger partial charge in [0.05, 0.1) is 5.41 Å². The maximum Gasteiger partial charge on any atom is 0.230 e. The highest BCUT2D eigenvalue weighted by Gasteiger charge is 2.42. The molecule has 1 fully saturated rings. The lowest BCUT2D eigenvalue weighted by Gasteiger charge is -2.36. The van der Waals surface area contributed by atoms with Crippen LogP contribution < -0.4 is 5.73 Å². The molecule has 2 rings (SSSR count). The molecule has 124 valence electrons. The molecule has 2 unspecified atom stereocenters. The van der Waals surface area contributed by atoms with E-state index in [0.717, 1.165) is 25.8 Å². The fourth-order valence-electron chi connectivity index (χ4n) is 3.61. The zero-order valence-corrected chi connectivity index (χ0v) is 14.7. The summed E-state index contributed by atoms with van der Waals surface area (Å²) in [5.41, 5.74) is 6.91. The lowest BCUT2D eigenvalue weighted by molar-refractivity contribution is -0.142. The SMILES string of the molecule is CCC(CC)(CN)C(=O)N1CCC(c2ccccc2)C1C.Cl. The summed E-state index contributed by atoms with van der Waals surface area (Å²) in [5, 5.41) is 0. The number of nitrogens with zero attached hydrogens (tertiary/aromatic N) is 1. The Hall–Kier alpha value is -1.06. The standard InChI is InChI=1S/C18H28N2O.ClH/c1-4-18(5-2,13-19)17(21)20-12-11-16(14(20)3)15-9-7-6-8-10-15;/h6-10,14,16H,4-5,11-13,19H2,1-3H3;1H. The van der Waals surface area contributed by atoms with Gasteiger partial charge in [-0.1, -0.05) is 44.2 Å². The van der Waals surface area contributed by atoms with Gasteiger partial charge in [0, 0.05) is 25.0 Å². The van der Waals surface area contributed by atoms with Crippen molar-refractivity contribution in [1.82, 2.24) is 4.90 Å². The van der Waals surface area contributed by atoms with E-state index >= 15 is 0 Å². The summed E-state index contributed by atoms with van der Waals surface area (Å²) < 4.78 is 0. The van der Waals surface area contributed by atoms with Crippen LogP contribution in [0.2, 0.25) is 0 Å². The molecule has 0 saturated carbocycles. The summed E-state index contributed by atoms with van der Waals surface area (Å²) >= 11 is 0. The minimum Gasteiger partial charge on any atom is -0.339 e. The van der Waals surface area contributed by atoms with Crippen molar-refractivity contribution in [3.63, 3.8) is 0 Å². The predicted octanol–water partition coefficient (Wildman–Crippen LogP) is 3.58. The molecule has 4 heteroatoms. The molecule has 0 aromatic heterocycles. The third kappa shape index (κ3) is 3.31. The maximum atomic E-state index is 13.0. The monoisotopic (exact) mass is 324 g/mol. The number of carbonyl (C=O) groups excluding carboxylic acids is 1. The van der Waals surface area contributed by atoms with Gasteiger partial charge in [-0.3, -0.25) is 4.79 Å². The smallest absolute Gasteiger partial charge is 0.230 e. The van der Waals surface area contributed by atoms with Gasteiger partial charge in [0.15, 0.2) is 0 Å². The third-order valence-corrected chi connectivity index (χ3v) is 5.44. The van der Waals surface area contributed by atoms with Crippen LogP contribution in [0.5, 0.6) is 0 Å². The van der Waals surface area contributed by atoms with Crippen LogP contribution in [0, 0.1) is 5.41 Å². The van der Waals surface area contributed by atoms with E-state index in [0.29, 0.717) is 12.5 Å². The number of halogens is 1. The Morgan fingerprint density at radius 1 is 1.27 bits per heavy atom. The van der Waals surface area contributed by atoms with E-state index in [1.54, 1.807) is 0 Å². The average molecular weight is 325 g/mol. The van der Waals surface area contributed by atoms with Crippen LogP contribution in [-0.4, -0.2) is 29.9 Å². The van der Waals surface area contributed by atoms with E-state index < -0.39 is 0 Å². The Bertz CT molecular complexity index is 465. The minimum atomic E-state index is -0.375. The molecule has 1 heterocycles. The van der Waals surface area contributed by atoms with Gasteiger partial charge in [0.25, 0.3) is 0 Å². The molecule has 0 radical (unpaired) electrons. The van der Waals surface area contributed by atoms with Gasteiger partial charge in [-0.25, -0.2) is 0 Å². The molecule has 0 spiro atoms. The molecular formula is C18H29ClN2O. The van der Waals surface area contributed by atoms with E-state index in [1.165, 1.54) is 5.56 Å². The molecule has 0 aliphatic carbocycles. The van der Waals surface area contributed by atoms with Crippen molar-refractivity contribution in [3.05, 3.63) is 35.9 Å². The summed E-state index contributed by atoms with van der Waals surface area (Å²) in [5.74, 6) is 0.695. The van der Waals surface area contributed by atoms with Crippen molar-refractivity contribution in [3.8, 4) is 0 Å². The number of likely N-dealkylation sites (tertiary alicyclic amines) is 1. The Morgan fingerprint density at radius 2 is 1.86 bits per heavy atom. The fourth-order valence-corrected chi connectivity index (χ4v) is 3.61. The first-order chi connectivity index (χ1) is 10.1. The van der Waals surface area contributed by atoms with Crippen molar-refractivity contribution in [1.29, 1.82) is 0 Å². The maximum absolute atomic E-state index is 13.0. The van der Waals surface area contributed by atoms with Gasteiger partial charge in [-0.05, 0) is 31.7 Å². The fraction of sp³-hybridized carbons (Fsp3) is 0.611. The van der Waals surface area contributed by atoms with Crippen molar-refractivity contribution in [2.24, 2.45) is 11.1 Å². The van der Waals surface area contributed by atoms with Gasteiger partial charge in [-0.15, -0.1) is 12.4 Å². The molecule has 1 amide bonds. The van der Waals surface area contributed by atoms with Crippen molar-refractivity contribution >= 4 is 18.3 Å². The highest BCUT2D eigenvalue weighted by atomic mass is 35.5. The molecule has 1 aromatic carbocycles. The minimum absolute atomic E-state index is 0. The summed E-state index contributed by atoms with van der Waals surface area (Å²) in [6, 6.07) is 10.8. The largest absolute Gasteiger partial charge is 0.339 e. The zero-order chi connectivity index (χ0) is 15.5. The Balaban J connectivity index is 0.00000242. The van der Waals surface area contributed by atoms with E-state index in [4.69, 9.17) is 5.73 Å². The van der Waals surface area contributed by atoms with Gasteiger partial charge < -0.3 is 10.6 Å². The normalized spacial score (nSPS) is 21.5. The van der Waals surface area contributed by atoms with Crippen LogP contribution >= 0.6 is 12.4 Å². The van der Waals surface area contributed by atoms with E-state index in [2.05, 4.69) is 49.9 Å². The summed E-state index contributed by atoms with van der Waals surface area (Å²) in [6.07, 6.45) is 2.68. The Kier molecular flexibility index (Phi) is 6.89. The first-order valence-electron chi connectivity index (χ1n) is 8.15. The molecule has 1 aliphatic heterocycles. The molecule has 1 aromatic rings. The zero-order valence-electron chi connectivity index (χ0n) is 13.9. The molecule has 0 bridgehead atoms. The van der Waals surface area contributed by atoms with Crippen molar-refractivity contribution in [2.45, 2.75) is 52.0 Å². The van der Waals surface area contributed by atoms with Crippen LogP contribution in [0.25, 0.3) is 0 Å². The molecular weight excluding hydrogens is 296 g/mol. The number of rotatable bonds is 5. The first-order valence-corrected chi connectivity index (χ1v) is 8.15. The number of nitrogens with two attached hydrogens (primary N) is 1. The van der Waals surface area contributed by atoms with E-state index in [1.807, 2.05) is 6.07 Å². The molecule has 1 saturated heterocycles. The second kappa shape index (κ2) is 7.98. The molecule has 2 atom stereocenters. The number of hydrogen-bond acceptors (Lipinski definition) is 2. The number of benzene rings is 1. The van der Waals surface area contributed by atoms with Gasteiger partial charge in [0.2, 0.25) is 5.91 Å². The van der Waals surface area contributed by atoms with Crippen LogP contribution in [0.1, 0.15) is 51.5 Å². The summed E-state index contributed by atoms with van der Waals surface area (Å²) in [7, 11) is 0. The molecule has 2 N–H and O–H groups in total. The van der Waals surface area contributed by atoms with Crippen LogP contribution in [0.3, 0.4) is 0 Å². The van der Waals surface area contributed by atoms with Crippen LogP contribution in [0.15, 0.2) is 30.3 Å². The number of carbonyl (C=O) groups is 1. The summed E-state index contributed by atoms with van der Waals surface area (Å²) in [6.45, 7) is 7.61. The van der Waals surface area contributed by atoms with Gasteiger partial charge in [0.1, 0.15) is 0 Å². The highest BCUT2D eigenvalue weighted by molar-refractivity contribution is 5.85. The Morgan fingerprint density at radius 3 is 2.36 bits per heavy atom. The van der Waals surface area contributed by atoms with E-state index in [-0.39, 0.29) is 29.8 Å². The highest BCUT2D eigenvalue weighted by Crippen LogP contribution is 2.37. The number of hydrogen-bond donors (Lipinski definition) is 1. The summed E-state index contributed by atoms with van der Waals surface area (Å²) in [4.78, 5) is 15.1. The predicted molar refractivity (Wildman–Crippen MR) is 94.3 cm³/mol. The second-order valence-corrected chi connectivity index (χ2v) is 6.24. The molecule has 1 aliphatic rings. The van der Waals surface area contributed by atoms with Gasteiger partial charge in [-0.2, -0.15) is 0 Å². The number of amides is 1. The van der Waals surface area contributed by atoms with Crippen LogP contribution in [0.4, 0.5) is 0 Å².